The van der Waals surface area contributed by atoms with Gasteiger partial charge in [0.2, 0.25) is 10.0 Å². The van der Waals surface area contributed by atoms with E-state index >= 15 is 4.39 Å². The van der Waals surface area contributed by atoms with Crippen LogP contribution in [0.2, 0.25) is 0 Å². The van der Waals surface area contributed by atoms with Crippen molar-refractivity contribution in [1.82, 2.24) is 0 Å². The normalized spacial score (nSPS) is 17.7. The van der Waals surface area contributed by atoms with Crippen LogP contribution < -0.4 is 9.04 Å². The van der Waals surface area contributed by atoms with Gasteiger partial charge in [-0.2, -0.15) is 0 Å². The van der Waals surface area contributed by atoms with E-state index in [9.17, 15) is 22.7 Å². The third kappa shape index (κ3) is 5.08. The van der Waals surface area contributed by atoms with Gasteiger partial charge in [0.15, 0.2) is 0 Å². The molecule has 1 heterocycles. The van der Waals surface area contributed by atoms with Crippen molar-refractivity contribution in [2.24, 2.45) is 0 Å². The molecule has 1 aliphatic carbocycles. The van der Waals surface area contributed by atoms with E-state index in [-0.39, 0.29) is 30.6 Å². The van der Waals surface area contributed by atoms with Gasteiger partial charge in [0.05, 0.1) is 24.9 Å². The first-order valence-corrected chi connectivity index (χ1v) is 14.2. The van der Waals surface area contributed by atoms with Crippen molar-refractivity contribution < 1.29 is 31.8 Å². The Morgan fingerprint density at radius 2 is 1.79 bits per heavy atom. The predicted octanol–water partition coefficient (Wildman–Crippen LogP) is 6.21. The van der Waals surface area contributed by atoms with Crippen LogP contribution in [0, 0.1) is 20.8 Å². The molecule has 0 bridgehead atoms. The Bertz CT molecular complexity index is 1520. The summed E-state index contributed by atoms with van der Waals surface area (Å²) in [6, 6.07) is 5.60. The summed E-state index contributed by atoms with van der Waals surface area (Å²) in [6.45, 7) is 10.8. The highest BCUT2D eigenvalue weighted by Crippen LogP contribution is 2.51. The van der Waals surface area contributed by atoms with Crippen molar-refractivity contribution in [3.8, 4) is 16.9 Å². The van der Waals surface area contributed by atoms with Crippen LogP contribution in [-0.2, 0) is 21.2 Å². The molecule has 1 N–H and O–H groups in total. The van der Waals surface area contributed by atoms with E-state index in [4.69, 9.17) is 4.74 Å². The number of benzene rings is 2. The average Bonchev–Trinajstić information content (AvgIpc) is 2.75. The van der Waals surface area contributed by atoms with Crippen LogP contribution in [0.3, 0.4) is 0 Å². The number of ether oxygens (including phenoxy) is 1. The number of alkyl halides is 1. The minimum atomic E-state index is -3.89. The summed E-state index contributed by atoms with van der Waals surface area (Å²) in [4.78, 5) is 12.1. The Hall–Kier alpha value is -3.20. The number of halogens is 2. The lowest BCUT2D eigenvalue weighted by molar-refractivity contribution is -0.136. The maximum atomic E-state index is 15.1. The minimum absolute atomic E-state index is 0.107. The maximum Gasteiger partial charge on any atom is 0.307 e. The highest BCUT2D eigenvalue weighted by Gasteiger charge is 2.39. The Labute approximate surface area is 222 Å². The van der Waals surface area contributed by atoms with Crippen molar-refractivity contribution in [1.29, 1.82) is 0 Å². The number of carbonyl (C=O) groups is 1. The van der Waals surface area contributed by atoms with E-state index in [1.54, 1.807) is 13.8 Å². The molecule has 2 aliphatic rings. The van der Waals surface area contributed by atoms with Gasteiger partial charge in [-0.15, -0.1) is 0 Å². The fraction of sp³-hybridized carbons (Fsp3) is 0.414. The third-order valence-electron chi connectivity index (χ3n) is 6.88. The van der Waals surface area contributed by atoms with Crippen LogP contribution in [-0.4, -0.2) is 44.1 Å². The zero-order valence-corrected chi connectivity index (χ0v) is 23.5. The number of hydrogen-bond acceptors (Lipinski definition) is 4. The fourth-order valence-corrected chi connectivity index (χ4v) is 6.35. The highest BCUT2D eigenvalue weighted by molar-refractivity contribution is 7.92. The monoisotopic (exact) mass is 545 g/mol. The SMILES string of the molecule is Cc1ccc(-c2c(C)c3c(c(C)c2CC(=O)O)N(S(C)(=O)=O)CC2=C3CC(F)C=C2F)c(OC(C)(C)C)c1. The molecule has 0 saturated heterocycles. The van der Waals surface area contributed by atoms with Crippen LogP contribution in [0.4, 0.5) is 14.5 Å². The molecule has 204 valence electrons. The number of sulfonamides is 1. The number of allylic oxidation sites excluding steroid dienone is 2. The second-order valence-electron chi connectivity index (χ2n) is 11.1. The summed E-state index contributed by atoms with van der Waals surface area (Å²) in [5, 5.41) is 9.86. The average molecular weight is 546 g/mol. The van der Waals surface area contributed by atoms with Crippen molar-refractivity contribution in [3.63, 3.8) is 0 Å². The second-order valence-corrected chi connectivity index (χ2v) is 13.0. The molecule has 0 radical (unpaired) electrons. The number of carboxylic acid groups (broad SMARTS) is 1. The van der Waals surface area contributed by atoms with Crippen LogP contribution >= 0.6 is 0 Å². The molecule has 4 rings (SSSR count). The van der Waals surface area contributed by atoms with Crippen molar-refractivity contribution >= 4 is 27.3 Å². The summed E-state index contributed by atoms with van der Waals surface area (Å²) in [5.74, 6) is -1.33. The van der Waals surface area contributed by atoms with Crippen LogP contribution in [0.15, 0.2) is 35.7 Å². The topological polar surface area (TPSA) is 83.9 Å². The van der Waals surface area contributed by atoms with E-state index in [1.165, 1.54) is 0 Å². The lowest BCUT2D eigenvalue weighted by atomic mass is 9.78. The number of aryl methyl sites for hydroxylation is 1. The second kappa shape index (κ2) is 9.52. The lowest BCUT2D eigenvalue weighted by Gasteiger charge is -2.38. The number of carboxylic acids is 1. The van der Waals surface area contributed by atoms with Crippen molar-refractivity contribution in [2.75, 3.05) is 17.1 Å². The van der Waals surface area contributed by atoms with Crippen LogP contribution in [0.1, 0.15) is 55.0 Å². The maximum absolute atomic E-state index is 15.1. The van der Waals surface area contributed by atoms with Gasteiger partial charge in [0.1, 0.15) is 23.3 Å². The molecule has 0 amide bonds. The molecule has 0 fully saturated rings. The first-order chi connectivity index (χ1) is 17.5. The predicted molar refractivity (Wildman–Crippen MR) is 146 cm³/mol. The van der Waals surface area contributed by atoms with Crippen molar-refractivity contribution in [3.05, 3.63) is 63.5 Å². The smallest absolute Gasteiger partial charge is 0.307 e. The molecule has 0 spiro atoms. The Balaban J connectivity index is 2.18. The Morgan fingerprint density at radius 1 is 1.13 bits per heavy atom. The number of rotatable bonds is 5. The Kier molecular flexibility index (Phi) is 6.97. The number of fused-ring (bicyclic) bond motifs is 2. The molecular weight excluding hydrogens is 512 g/mol. The molecule has 1 unspecified atom stereocenters. The van der Waals surface area contributed by atoms with Crippen LogP contribution in [0.5, 0.6) is 5.75 Å². The number of aliphatic carboxylic acids is 1. The molecule has 9 heteroatoms. The molecule has 2 aromatic rings. The van der Waals surface area contributed by atoms with E-state index in [0.717, 1.165) is 22.2 Å². The van der Waals surface area contributed by atoms with Gasteiger partial charge in [0, 0.05) is 23.1 Å². The molecule has 6 nitrogen and oxygen atoms in total. The van der Waals surface area contributed by atoms with E-state index in [0.29, 0.717) is 44.7 Å². The summed E-state index contributed by atoms with van der Waals surface area (Å²) in [7, 11) is -3.89. The van der Waals surface area contributed by atoms with Gasteiger partial charge in [-0.05, 0) is 87.1 Å². The quantitative estimate of drug-likeness (QED) is 0.483. The molecule has 2 aromatic carbocycles. The van der Waals surface area contributed by atoms with Gasteiger partial charge in [-0.25, -0.2) is 17.2 Å². The zero-order valence-electron chi connectivity index (χ0n) is 22.7. The van der Waals surface area contributed by atoms with Crippen LogP contribution in [0.25, 0.3) is 16.7 Å². The van der Waals surface area contributed by atoms with E-state index in [2.05, 4.69) is 0 Å². The molecular formula is C29H33F2NO5S. The summed E-state index contributed by atoms with van der Waals surface area (Å²) >= 11 is 0. The van der Waals surface area contributed by atoms with Gasteiger partial charge < -0.3 is 9.84 Å². The van der Waals surface area contributed by atoms with Gasteiger partial charge in [-0.3, -0.25) is 9.10 Å². The molecule has 1 aliphatic heterocycles. The first kappa shape index (κ1) is 27.8. The standard InChI is InChI=1S/C29H33F2NO5S/c1-15-8-9-19(24(10-15)37-29(4,5)6)26-17(3)27-21-11-18(30)12-23(31)22(21)14-32(38(7,35)36)28(27)16(2)20(26)13-25(33)34/h8-10,12,18H,11,13-14H2,1-7H3,(H,33,34). The highest BCUT2D eigenvalue weighted by atomic mass is 32.2. The largest absolute Gasteiger partial charge is 0.488 e. The molecule has 38 heavy (non-hydrogen) atoms. The van der Waals surface area contributed by atoms with E-state index in [1.807, 2.05) is 45.9 Å². The van der Waals surface area contributed by atoms with Crippen molar-refractivity contribution in [2.45, 2.75) is 66.2 Å². The van der Waals surface area contributed by atoms with Gasteiger partial charge in [0.25, 0.3) is 0 Å². The van der Waals surface area contributed by atoms with Gasteiger partial charge in [-0.1, -0.05) is 12.1 Å². The Morgan fingerprint density at radius 3 is 2.37 bits per heavy atom. The zero-order chi connectivity index (χ0) is 28.3. The third-order valence-corrected chi connectivity index (χ3v) is 7.99. The molecule has 1 atom stereocenters. The number of hydrogen-bond donors (Lipinski definition) is 1. The van der Waals surface area contributed by atoms with Gasteiger partial charge >= 0.3 is 5.97 Å². The minimum Gasteiger partial charge on any atom is -0.488 e. The molecule has 0 saturated carbocycles. The summed E-state index contributed by atoms with van der Waals surface area (Å²) in [5.41, 5.74) is 4.22. The summed E-state index contributed by atoms with van der Waals surface area (Å²) < 4.78 is 63.0. The van der Waals surface area contributed by atoms with E-state index < -0.39 is 33.6 Å². The number of nitrogens with zero attached hydrogens (tertiary/aromatic N) is 1. The number of anilines is 1. The lowest BCUT2D eigenvalue weighted by Crippen LogP contribution is -2.37. The summed E-state index contributed by atoms with van der Waals surface area (Å²) in [6.07, 6.45) is -0.139. The first-order valence-electron chi connectivity index (χ1n) is 12.4. The molecule has 0 aromatic heterocycles. The fourth-order valence-electron chi connectivity index (χ4n) is 5.43.